The SMILES string of the molecule is COc1ccc(OC2(C(=O)O)CC2)cc1. The van der Waals surface area contributed by atoms with Crippen molar-refractivity contribution in [3.63, 3.8) is 0 Å². The highest BCUT2D eigenvalue weighted by Gasteiger charge is 2.53. The molecule has 2 rings (SSSR count). The average molecular weight is 208 g/mol. The molecule has 0 amide bonds. The molecule has 0 bridgehead atoms. The first-order valence-corrected chi connectivity index (χ1v) is 4.73. The molecule has 15 heavy (non-hydrogen) atoms. The maximum absolute atomic E-state index is 10.9. The fourth-order valence-corrected chi connectivity index (χ4v) is 1.34. The lowest BCUT2D eigenvalue weighted by Gasteiger charge is -2.13. The molecule has 0 aliphatic heterocycles. The molecule has 0 atom stereocenters. The molecule has 1 aromatic carbocycles. The molecule has 1 fully saturated rings. The van der Waals surface area contributed by atoms with Crippen molar-refractivity contribution in [1.29, 1.82) is 0 Å². The summed E-state index contributed by atoms with van der Waals surface area (Å²) in [4.78, 5) is 10.9. The Balaban J connectivity index is 2.08. The van der Waals surface area contributed by atoms with Crippen LogP contribution in [0.15, 0.2) is 24.3 Å². The number of ether oxygens (including phenoxy) is 2. The number of benzene rings is 1. The zero-order valence-electron chi connectivity index (χ0n) is 8.40. The number of aliphatic carboxylic acids is 1. The first kappa shape index (κ1) is 9.83. The molecule has 0 aromatic heterocycles. The van der Waals surface area contributed by atoms with Crippen LogP contribution < -0.4 is 9.47 Å². The van der Waals surface area contributed by atoms with Gasteiger partial charge in [0, 0.05) is 12.8 Å². The smallest absolute Gasteiger partial charge is 0.348 e. The van der Waals surface area contributed by atoms with E-state index < -0.39 is 11.6 Å². The fourth-order valence-electron chi connectivity index (χ4n) is 1.34. The maximum Gasteiger partial charge on any atom is 0.348 e. The molecule has 1 aromatic rings. The van der Waals surface area contributed by atoms with E-state index >= 15 is 0 Å². The van der Waals surface area contributed by atoms with E-state index in [9.17, 15) is 4.79 Å². The molecule has 0 heterocycles. The summed E-state index contributed by atoms with van der Waals surface area (Å²) >= 11 is 0. The van der Waals surface area contributed by atoms with Crippen LogP contribution in [0.3, 0.4) is 0 Å². The van der Waals surface area contributed by atoms with Crippen LogP contribution in [-0.2, 0) is 4.79 Å². The van der Waals surface area contributed by atoms with Gasteiger partial charge in [-0.3, -0.25) is 0 Å². The number of hydrogen-bond donors (Lipinski definition) is 1. The van der Waals surface area contributed by atoms with Gasteiger partial charge in [-0.05, 0) is 24.3 Å². The lowest BCUT2D eigenvalue weighted by Crippen LogP contribution is -2.28. The Bertz CT molecular complexity index is 365. The van der Waals surface area contributed by atoms with Crippen molar-refractivity contribution in [3.05, 3.63) is 24.3 Å². The molecule has 80 valence electrons. The van der Waals surface area contributed by atoms with Gasteiger partial charge >= 0.3 is 5.97 Å². The van der Waals surface area contributed by atoms with Gasteiger partial charge in [-0.1, -0.05) is 0 Å². The molecule has 1 aliphatic rings. The third-order valence-electron chi connectivity index (χ3n) is 2.47. The van der Waals surface area contributed by atoms with Crippen LogP contribution in [0.1, 0.15) is 12.8 Å². The van der Waals surface area contributed by atoms with Gasteiger partial charge in [0.25, 0.3) is 0 Å². The number of carbonyl (C=O) groups is 1. The predicted molar refractivity (Wildman–Crippen MR) is 53.2 cm³/mol. The van der Waals surface area contributed by atoms with Gasteiger partial charge in [0.15, 0.2) is 0 Å². The van der Waals surface area contributed by atoms with Crippen molar-refractivity contribution in [1.82, 2.24) is 0 Å². The van der Waals surface area contributed by atoms with E-state index in [1.165, 1.54) is 0 Å². The van der Waals surface area contributed by atoms with Gasteiger partial charge in [0.2, 0.25) is 5.60 Å². The van der Waals surface area contributed by atoms with Crippen LogP contribution in [0.5, 0.6) is 11.5 Å². The third kappa shape index (κ3) is 1.88. The molecule has 1 saturated carbocycles. The van der Waals surface area contributed by atoms with Crippen LogP contribution in [-0.4, -0.2) is 23.8 Å². The quantitative estimate of drug-likeness (QED) is 0.818. The van der Waals surface area contributed by atoms with Gasteiger partial charge in [0.1, 0.15) is 11.5 Å². The Labute approximate surface area is 87.4 Å². The lowest BCUT2D eigenvalue weighted by atomic mass is 10.3. The molecule has 4 nitrogen and oxygen atoms in total. The first-order chi connectivity index (χ1) is 7.16. The van der Waals surface area contributed by atoms with Crippen LogP contribution >= 0.6 is 0 Å². The second kappa shape index (κ2) is 3.46. The van der Waals surface area contributed by atoms with Gasteiger partial charge in [0.05, 0.1) is 7.11 Å². The molecular formula is C11H12O4. The number of carboxylic acids is 1. The van der Waals surface area contributed by atoms with Gasteiger partial charge < -0.3 is 14.6 Å². The fraction of sp³-hybridized carbons (Fsp3) is 0.364. The van der Waals surface area contributed by atoms with E-state index in [0.717, 1.165) is 5.75 Å². The van der Waals surface area contributed by atoms with Gasteiger partial charge in [-0.25, -0.2) is 4.79 Å². The van der Waals surface area contributed by atoms with Crippen molar-refractivity contribution < 1.29 is 19.4 Å². The van der Waals surface area contributed by atoms with Crippen molar-refractivity contribution in [2.45, 2.75) is 18.4 Å². The summed E-state index contributed by atoms with van der Waals surface area (Å²) in [5, 5.41) is 8.92. The number of carboxylic acid groups (broad SMARTS) is 1. The minimum absolute atomic E-state index is 0.565. The summed E-state index contributed by atoms with van der Waals surface area (Å²) in [5.74, 6) is 0.400. The second-order valence-electron chi connectivity index (χ2n) is 3.58. The predicted octanol–water partition coefficient (Wildman–Crippen LogP) is 1.69. The van der Waals surface area contributed by atoms with Gasteiger partial charge in [-0.15, -0.1) is 0 Å². The van der Waals surface area contributed by atoms with E-state index in [-0.39, 0.29) is 0 Å². The highest BCUT2D eigenvalue weighted by Crippen LogP contribution is 2.40. The Kier molecular flexibility index (Phi) is 2.26. The molecule has 1 aliphatic carbocycles. The topological polar surface area (TPSA) is 55.8 Å². The standard InChI is InChI=1S/C11H12O4/c1-14-8-2-4-9(5-3-8)15-11(6-7-11)10(12)13/h2-5H,6-7H2,1H3,(H,12,13). The molecular weight excluding hydrogens is 196 g/mol. The Morgan fingerprint density at radius 2 is 1.80 bits per heavy atom. The normalized spacial score (nSPS) is 16.9. The number of methoxy groups -OCH3 is 1. The Morgan fingerprint density at radius 1 is 1.27 bits per heavy atom. The highest BCUT2D eigenvalue weighted by molar-refractivity contribution is 5.81. The Morgan fingerprint density at radius 3 is 2.20 bits per heavy atom. The van der Waals surface area contributed by atoms with Crippen molar-refractivity contribution in [2.24, 2.45) is 0 Å². The van der Waals surface area contributed by atoms with Crippen LogP contribution in [0.2, 0.25) is 0 Å². The van der Waals surface area contributed by atoms with Crippen LogP contribution in [0.25, 0.3) is 0 Å². The van der Waals surface area contributed by atoms with Gasteiger partial charge in [-0.2, -0.15) is 0 Å². The summed E-state index contributed by atoms with van der Waals surface area (Å²) < 4.78 is 10.4. The largest absolute Gasteiger partial charge is 0.497 e. The monoisotopic (exact) mass is 208 g/mol. The molecule has 0 spiro atoms. The summed E-state index contributed by atoms with van der Waals surface area (Å²) in [7, 11) is 1.58. The summed E-state index contributed by atoms with van der Waals surface area (Å²) in [6.07, 6.45) is 1.16. The maximum atomic E-state index is 10.9. The first-order valence-electron chi connectivity index (χ1n) is 4.73. The molecule has 0 unspecified atom stereocenters. The second-order valence-corrected chi connectivity index (χ2v) is 3.58. The van der Waals surface area contributed by atoms with E-state index in [1.54, 1.807) is 31.4 Å². The van der Waals surface area contributed by atoms with Crippen molar-refractivity contribution in [2.75, 3.05) is 7.11 Å². The minimum atomic E-state index is -0.978. The molecule has 0 saturated heterocycles. The lowest BCUT2D eigenvalue weighted by molar-refractivity contribution is -0.147. The third-order valence-corrected chi connectivity index (χ3v) is 2.47. The van der Waals surface area contributed by atoms with Crippen molar-refractivity contribution in [3.8, 4) is 11.5 Å². The van der Waals surface area contributed by atoms with E-state index in [0.29, 0.717) is 18.6 Å². The van der Waals surface area contributed by atoms with Crippen LogP contribution in [0, 0.1) is 0 Å². The van der Waals surface area contributed by atoms with E-state index in [4.69, 9.17) is 14.6 Å². The van der Waals surface area contributed by atoms with Crippen LogP contribution in [0.4, 0.5) is 0 Å². The summed E-state index contributed by atoms with van der Waals surface area (Å²) in [6, 6.07) is 6.91. The molecule has 1 N–H and O–H groups in total. The van der Waals surface area contributed by atoms with E-state index in [1.807, 2.05) is 0 Å². The minimum Gasteiger partial charge on any atom is -0.497 e. The number of rotatable bonds is 4. The molecule has 4 heteroatoms. The van der Waals surface area contributed by atoms with Crippen molar-refractivity contribution >= 4 is 5.97 Å². The zero-order valence-corrected chi connectivity index (χ0v) is 8.40. The summed E-state index contributed by atoms with van der Waals surface area (Å²) in [5.41, 5.74) is -0.978. The average Bonchev–Trinajstić information content (AvgIpc) is 3.00. The summed E-state index contributed by atoms with van der Waals surface area (Å²) in [6.45, 7) is 0. The highest BCUT2D eigenvalue weighted by atomic mass is 16.5. The zero-order chi connectivity index (χ0) is 10.9. The number of hydrogen-bond acceptors (Lipinski definition) is 3. The van der Waals surface area contributed by atoms with E-state index in [2.05, 4.69) is 0 Å². The Hall–Kier alpha value is -1.71. The molecule has 0 radical (unpaired) electrons.